The van der Waals surface area contributed by atoms with Gasteiger partial charge in [0.25, 0.3) is 0 Å². The van der Waals surface area contributed by atoms with Gasteiger partial charge in [-0.3, -0.25) is 9.59 Å². The van der Waals surface area contributed by atoms with Crippen LogP contribution >= 0.6 is 0 Å². The average Bonchev–Trinajstić information content (AvgIpc) is 2.58. The van der Waals surface area contributed by atoms with Crippen molar-refractivity contribution in [1.82, 2.24) is 5.32 Å². The van der Waals surface area contributed by atoms with Crippen LogP contribution in [0, 0.1) is 6.92 Å². The van der Waals surface area contributed by atoms with E-state index in [4.69, 9.17) is 10.2 Å². The second-order valence-electron chi connectivity index (χ2n) is 2.97. The number of nitrogens with two attached hydrogens (primary N) is 1. The van der Waals surface area contributed by atoms with E-state index < -0.39 is 5.91 Å². The molecule has 5 nitrogen and oxygen atoms in total. The molecule has 0 bridgehead atoms. The largest absolute Gasteiger partial charge is 0.462 e. The maximum absolute atomic E-state index is 11.1. The number of hydrogen-bond acceptors (Lipinski definition) is 3. The van der Waals surface area contributed by atoms with Crippen LogP contribution in [0.3, 0.4) is 0 Å². The zero-order valence-corrected chi connectivity index (χ0v) is 8.32. The number of aryl methyl sites for hydroxylation is 1. The van der Waals surface area contributed by atoms with E-state index in [0.717, 1.165) is 5.76 Å². The minimum absolute atomic E-state index is 0.166. The van der Waals surface area contributed by atoms with Gasteiger partial charge in [-0.25, -0.2) is 0 Å². The Morgan fingerprint density at radius 1 is 1.53 bits per heavy atom. The summed E-state index contributed by atoms with van der Waals surface area (Å²) in [5.41, 5.74) is 4.86. The topological polar surface area (TPSA) is 85.3 Å². The van der Waals surface area contributed by atoms with Crippen molar-refractivity contribution in [1.29, 1.82) is 0 Å². The van der Waals surface area contributed by atoms with Crippen molar-refractivity contribution in [2.45, 2.75) is 6.92 Å². The van der Waals surface area contributed by atoms with E-state index in [1.165, 1.54) is 12.2 Å². The summed E-state index contributed by atoms with van der Waals surface area (Å²) in [5.74, 6) is 0.391. The van der Waals surface area contributed by atoms with Crippen LogP contribution in [0.5, 0.6) is 0 Å². The van der Waals surface area contributed by atoms with E-state index in [-0.39, 0.29) is 12.5 Å². The molecule has 1 aromatic rings. The van der Waals surface area contributed by atoms with Gasteiger partial charge in [0.2, 0.25) is 11.8 Å². The zero-order valence-electron chi connectivity index (χ0n) is 8.32. The van der Waals surface area contributed by atoms with Gasteiger partial charge in [0, 0.05) is 6.08 Å². The molecule has 15 heavy (non-hydrogen) atoms. The van der Waals surface area contributed by atoms with E-state index in [9.17, 15) is 9.59 Å². The van der Waals surface area contributed by atoms with Gasteiger partial charge < -0.3 is 15.5 Å². The molecule has 0 spiro atoms. The molecule has 0 aliphatic rings. The molecule has 3 N–H and O–H groups in total. The van der Waals surface area contributed by atoms with Crippen LogP contribution in [0.15, 0.2) is 22.6 Å². The SMILES string of the molecule is Cc1ccc(C=CC(=O)NCC(N)=O)o1. The number of rotatable bonds is 4. The van der Waals surface area contributed by atoms with Crippen LogP contribution in [0.4, 0.5) is 0 Å². The quantitative estimate of drug-likeness (QED) is 0.693. The number of primary amides is 1. The first kappa shape index (κ1) is 11.0. The summed E-state index contributed by atoms with van der Waals surface area (Å²) in [5, 5.41) is 2.32. The molecule has 0 aromatic carbocycles. The molecule has 0 aliphatic carbocycles. The Kier molecular flexibility index (Phi) is 3.68. The lowest BCUT2D eigenvalue weighted by atomic mass is 10.4. The Balaban J connectivity index is 2.44. The van der Waals surface area contributed by atoms with Crippen LogP contribution in [-0.2, 0) is 9.59 Å². The number of carbonyl (C=O) groups is 2. The average molecular weight is 208 g/mol. The normalized spacial score (nSPS) is 10.5. The van der Waals surface area contributed by atoms with Gasteiger partial charge in [-0.2, -0.15) is 0 Å². The molecule has 0 radical (unpaired) electrons. The summed E-state index contributed by atoms with van der Waals surface area (Å²) >= 11 is 0. The van der Waals surface area contributed by atoms with E-state index in [1.54, 1.807) is 12.1 Å². The van der Waals surface area contributed by atoms with Crippen LogP contribution in [-0.4, -0.2) is 18.4 Å². The summed E-state index contributed by atoms with van der Waals surface area (Å²) in [6.07, 6.45) is 2.80. The first-order chi connectivity index (χ1) is 7.08. The monoisotopic (exact) mass is 208 g/mol. The third-order valence-electron chi connectivity index (χ3n) is 1.60. The lowest BCUT2D eigenvalue weighted by Crippen LogP contribution is -2.32. The number of hydrogen-bond donors (Lipinski definition) is 2. The molecule has 5 heteroatoms. The fraction of sp³-hybridized carbons (Fsp3) is 0.200. The Labute approximate surface area is 86.9 Å². The Bertz CT molecular complexity index is 393. The molecule has 0 aliphatic heterocycles. The summed E-state index contributed by atoms with van der Waals surface area (Å²) in [4.78, 5) is 21.4. The molecule has 0 fully saturated rings. The van der Waals surface area contributed by atoms with Gasteiger partial charge in [0.1, 0.15) is 11.5 Å². The number of carbonyl (C=O) groups excluding carboxylic acids is 2. The van der Waals surface area contributed by atoms with Crippen LogP contribution in [0.25, 0.3) is 6.08 Å². The standard InChI is InChI=1S/C10H12N2O3/c1-7-2-3-8(15-7)4-5-10(14)12-6-9(11)13/h2-5H,6H2,1H3,(H2,11,13)(H,12,14). The minimum Gasteiger partial charge on any atom is -0.462 e. The predicted molar refractivity (Wildman–Crippen MR) is 54.7 cm³/mol. The van der Waals surface area contributed by atoms with Gasteiger partial charge in [-0.05, 0) is 25.1 Å². The van der Waals surface area contributed by atoms with Crippen molar-refractivity contribution < 1.29 is 14.0 Å². The first-order valence-electron chi connectivity index (χ1n) is 4.38. The highest BCUT2D eigenvalue weighted by molar-refractivity contribution is 5.93. The lowest BCUT2D eigenvalue weighted by molar-refractivity contribution is -0.122. The minimum atomic E-state index is -0.578. The highest BCUT2D eigenvalue weighted by atomic mass is 16.3. The summed E-state index contributed by atoms with van der Waals surface area (Å²) in [6, 6.07) is 3.54. The van der Waals surface area contributed by atoms with Gasteiger partial charge in [0.15, 0.2) is 0 Å². The van der Waals surface area contributed by atoms with Crippen molar-refractivity contribution in [2.24, 2.45) is 5.73 Å². The molecule has 1 aromatic heterocycles. The van der Waals surface area contributed by atoms with E-state index in [1.807, 2.05) is 6.92 Å². The van der Waals surface area contributed by atoms with Gasteiger partial charge in [0.05, 0.1) is 6.54 Å². The highest BCUT2D eigenvalue weighted by Gasteiger charge is 1.98. The van der Waals surface area contributed by atoms with E-state index in [0.29, 0.717) is 5.76 Å². The fourth-order valence-corrected chi connectivity index (χ4v) is 0.934. The first-order valence-corrected chi connectivity index (χ1v) is 4.38. The predicted octanol–water partition coefficient (Wildman–Crippen LogP) is 0.203. The third-order valence-corrected chi connectivity index (χ3v) is 1.60. The van der Waals surface area contributed by atoms with Crippen molar-refractivity contribution in [3.8, 4) is 0 Å². The molecular weight excluding hydrogens is 196 g/mol. The number of amides is 2. The molecule has 0 saturated heterocycles. The van der Waals surface area contributed by atoms with Gasteiger partial charge in [-0.15, -0.1) is 0 Å². The number of nitrogens with one attached hydrogen (secondary N) is 1. The van der Waals surface area contributed by atoms with Crippen molar-refractivity contribution >= 4 is 17.9 Å². The molecule has 0 unspecified atom stereocenters. The Morgan fingerprint density at radius 2 is 2.27 bits per heavy atom. The molecule has 0 atom stereocenters. The zero-order chi connectivity index (χ0) is 11.3. The van der Waals surface area contributed by atoms with Crippen molar-refractivity contribution in [2.75, 3.05) is 6.54 Å². The van der Waals surface area contributed by atoms with Crippen molar-refractivity contribution in [3.05, 3.63) is 29.7 Å². The maximum atomic E-state index is 11.1. The number of furan rings is 1. The second kappa shape index (κ2) is 4.99. The lowest BCUT2D eigenvalue weighted by Gasteiger charge is -1.95. The van der Waals surface area contributed by atoms with Gasteiger partial charge >= 0.3 is 0 Å². The molecule has 1 heterocycles. The van der Waals surface area contributed by atoms with Crippen LogP contribution < -0.4 is 11.1 Å². The highest BCUT2D eigenvalue weighted by Crippen LogP contribution is 2.07. The van der Waals surface area contributed by atoms with E-state index >= 15 is 0 Å². The Morgan fingerprint density at radius 3 is 2.80 bits per heavy atom. The molecule has 80 valence electrons. The maximum Gasteiger partial charge on any atom is 0.244 e. The molecule has 1 rings (SSSR count). The smallest absolute Gasteiger partial charge is 0.244 e. The molecular formula is C10H12N2O3. The van der Waals surface area contributed by atoms with Crippen molar-refractivity contribution in [3.63, 3.8) is 0 Å². The van der Waals surface area contributed by atoms with Crippen LogP contribution in [0.1, 0.15) is 11.5 Å². The summed E-state index contributed by atoms with van der Waals surface area (Å²) < 4.78 is 5.20. The van der Waals surface area contributed by atoms with Crippen LogP contribution in [0.2, 0.25) is 0 Å². The third kappa shape index (κ3) is 4.12. The molecule has 2 amide bonds. The van der Waals surface area contributed by atoms with Gasteiger partial charge in [-0.1, -0.05) is 0 Å². The fourth-order valence-electron chi connectivity index (χ4n) is 0.934. The van der Waals surface area contributed by atoms with E-state index in [2.05, 4.69) is 5.32 Å². The Hall–Kier alpha value is -2.04. The second-order valence-corrected chi connectivity index (χ2v) is 2.97. The summed E-state index contributed by atoms with van der Waals surface area (Å²) in [7, 11) is 0. The summed E-state index contributed by atoms with van der Waals surface area (Å²) in [6.45, 7) is 1.64. The molecule has 0 saturated carbocycles.